The molecule has 2 heterocycles. The molecule has 0 saturated carbocycles. The second-order valence-electron chi connectivity index (χ2n) is 19.3. The van der Waals surface area contributed by atoms with Gasteiger partial charge < -0.3 is 9.47 Å². The molecule has 74 heavy (non-hydrogen) atoms. The number of hydrogen-bond acceptors (Lipinski definition) is 3. The Bertz CT molecular complexity index is 4570. The first kappa shape index (κ1) is 41.8. The molecule has 0 N–H and O–H groups in total. The molecule has 0 aliphatic heterocycles. The van der Waals surface area contributed by atoms with Gasteiger partial charge in [0.25, 0.3) is 0 Å². The standard InChI is InChI=1S/C70H44N4/c1-4-18-45(19-5-1)48-34-38-65-63(43-48)67-66(74(65)54-41-49(57-32-16-22-46-20-10-12-28-55(46)57)40-50(42-54)58-33-17-23-47-21-11-13-29-56(47)58)39-37-64-70(67)72-69-61-36-35-53(44-62(61)59-30-14-15-31-60(59)68(69)71-64)73(51-24-6-2-7-25-51)52-26-8-3-9-27-52/h1-44H. The van der Waals surface area contributed by atoms with E-state index in [1.54, 1.807) is 0 Å². The quantitative estimate of drug-likeness (QED) is 0.118. The van der Waals surface area contributed by atoms with Gasteiger partial charge in [0.15, 0.2) is 0 Å². The Kier molecular flexibility index (Phi) is 9.54. The van der Waals surface area contributed by atoms with Gasteiger partial charge in [0.2, 0.25) is 0 Å². The van der Waals surface area contributed by atoms with Crippen LogP contribution in [0.4, 0.5) is 17.1 Å². The minimum atomic E-state index is 0.857. The summed E-state index contributed by atoms with van der Waals surface area (Å²) >= 11 is 0. The van der Waals surface area contributed by atoms with Crippen LogP contribution in [-0.2, 0) is 0 Å². The first-order chi connectivity index (χ1) is 36.7. The number of benzene rings is 13. The highest BCUT2D eigenvalue weighted by Gasteiger charge is 2.22. The fourth-order valence-electron chi connectivity index (χ4n) is 11.7. The Morgan fingerprint density at radius 1 is 0.284 bits per heavy atom. The maximum absolute atomic E-state index is 5.84. The van der Waals surface area contributed by atoms with Gasteiger partial charge in [0, 0.05) is 44.3 Å². The van der Waals surface area contributed by atoms with E-state index in [1.807, 2.05) is 0 Å². The van der Waals surface area contributed by atoms with Crippen molar-refractivity contribution in [3.63, 3.8) is 0 Å². The number of nitrogens with zero attached hydrogens (tertiary/aromatic N) is 4. The minimum Gasteiger partial charge on any atom is -0.310 e. The van der Waals surface area contributed by atoms with Crippen molar-refractivity contribution in [2.24, 2.45) is 0 Å². The molecule has 4 nitrogen and oxygen atoms in total. The van der Waals surface area contributed by atoms with Crippen LogP contribution < -0.4 is 4.90 Å². The van der Waals surface area contributed by atoms with E-state index >= 15 is 0 Å². The van der Waals surface area contributed by atoms with Crippen LogP contribution in [0.25, 0.3) is 126 Å². The predicted molar refractivity (Wildman–Crippen MR) is 312 cm³/mol. The largest absolute Gasteiger partial charge is 0.310 e. The Morgan fingerprint density at radius 3 is 1.49 bits per heavy atom. The van der Waals surface area contributed by atoms with Gasteiger partial charge in [-0.25, -0.2) is 9.97 Å². The van der Waals surface area contributed by atoms with Crippen LogP contribution >= 0.6 is 0 Å². The van der Waals surface area contributed by atoms with Crippen molar-refractivity contribution in [3.8, 4) is 39.1 Å². The normalized spacial score (nSPS) is 11.8. The molecule has 0 saturated heterocycles. The molecule has 344 valence electrons. The van der Waals surface area contributed by atoms with Gasteiger partial charge >= 0.3 is 0 Å². The molecule has 0 aliphatic carbocycles. The monoisotopic (exact) mass is 940 g/mol. The second-order valence-corrected chi connectivity index (χ2v) is 19.3. The van der Waals surface area contributed by atoms with Crippen LogP contribution in [0.1, 0.15) is 0 Å². The fourth-order valence-corrected chi connectivity index (χ4v) is 11.7. The lowest BCUT2D eigenvalue weighted by molar-refractivity contribution is 1.18. The molecule has 0 radical (unpaired) electrons. The number of aromatic nitrogens is 3. The molecule has 0 atom stereocenters. The molecule has 4 heteroatoms. The number of anilines is 3. The van der Waals surface area contributed by atoms with Gasteiger partial charge in [-0.2, -0.15) is 0 Å². The summed E-state index contributed by atoms with van der Waals surface area (Å²) in [5, 5.41) is 11.5. The number of para-hydroxylation sites is 2. The third-order valence-electron chi connectivity index (χ3n) is 15.1. The van der Waals surface area contributed by atoms with Crippen molar-refractivity contribution in [2.45, 2.75) is 0 Å². The molecule has 0 spiro atoms. The molecule has 15 rings (SSSR count). The first-order valence-electron chi connectivity index (χ1n) is 25.3. The summed E-state index contributed by atoms with van der Waals surface area (Å²) in [5.74, 6) is 0. The first-order valence-corrected chi connectivity index (χ1v) is 25.3. The van der Waals surface area contributed by atoms with Crippen molar-refractivity contribution in [2.75, 3.05) is 4.90 Å². The highest BCUT2D eigenvalue weighted by molar-refractivity contribution is 6.27. The number of fused-ring (bicyclic) bond motifs is 13. The third kappa shape index (κ3) is 6.69. The van der Waals surface area contributed by atoms with E-state index in [2.05, 4.69) is 276 Å². The van der Waals surface area contributed by atoms with E-state index < -0.39 is 0 Å². The van der Waals surface area contributed by atoms with E-state index in [4.69, 9.17) is 9.97 Å². The van der Waals surface area contributed by atoms with Gasteiger partial charge in [0.1, 0.15) is 0 Å². The zero-order chi connectivity index (χ0) is 48.7. The number of hydrogen-bond donors (Lipinski definition) is 0. The molecule has 0 aliphatic rings. The zero-order valence-corrected chi connectivity index (χ0v) is 40.2. The van der Waals surface area contributed by atoms with Crippen molar-refractivity contribution < 1.29 is 0 Å². The summed E-state index contributed by atoms with van der Waals surface area (Å²) in [4.78, 5) is 13.8. The van der Waals surface area contributed by atoms with Crippen molar-refractivity contribution in [1.29, 1.82) is 0 Å². The van der Waals surface area contributed by atoms with Crippen molar-refractivity contribution >= 4 is 104 Å². The Morgan fingerprint density at radius 2 is 0.824 bits per heavy atom. The number of rotatable bonds is 7. The molecule has 0 unspecified atom stereocenters. The summed E-state index contributed by atoms with van der Waals surface area (Å²) in [6.07, 6.45) is 0. The Hall–Kier alpha value is -9.90. The van der Waals surface area contributed by atoms with Crippen molar-refractivity contribution in [3.05, 3.63) is 267 Å². The summed E-state index contributed by atoms with van der Waals surface area (Å²) in [6, 6.07) is 96.6. The third-order valence-corrected chi connectivity index (χ3v) is 15.1. The predicted octanol–water partition coefficient (Wildman–Crippen LogP) is 19.0. The van der Waals surface area contributed by atoms with E-state index in [9.17, 15) is 0 Å². The molecule has 0 bridgehead atoms. The van der Waals surface area contributed by atoms with Crippen LogP contribution in [-0.4, -0.2) is 14.5 Å². The lowest BCUT2D eigenvalue weighted by Gasteiger charge is -2.26. The summed E-state index contributed by atoms with van der Waals surface area (Å²) in [7, 11) is 0. The minimum absolute atomic E-state index is 0.857. The van der Waals surface area contributed by atoms with E-state index in [1.165, 1.54) is 32.7 Å². The van der Waals surface area contributed by atoms with Crippen LogP contribution in [0.3, 0.4) is 0 Å². The Balaban J connectivity index is 1.03. The van der Waals surface area contributed by atoms with E-state index in [-0.39, 0.29) is 0 Å². The SMILES string of the molecule is c1ccc(-c2ccc3c(c2)c2c4nc5c6ccc(N(c7ccccc7)c7ccccc7)cc6c6ccccc6c5nc4ccc2n3-c2cc(-c3cccc4ccccc34)cc(-c3cccc4ccccc34)c2)cc1. The topological polar surface area (TPSA) is 34.0 Å². The molecule has 13 aromatic carbocycles. The molecule has 0 fully saturated rings. The highest BCUT2D eigenvalue weighted by Crippen LogP contribution is 2.45. The fraction of sp³-hybridized carbons (Fsp3) is 0. The van der Waals surface area contributed by atoms with Crippen molar-refractivity contribution in [1.82, 2.24) is 14.5 Å². The van der Waals surface area contributed by atoms with Crippen LogP contribution in [0.15, 0.2) is 267 Å². The summed E-state index contributed by atoms with van der Waals surface area (Å²) in [5.41, 5.74) is 17.0. The molecular formula is C70H44N4. The van der Waals surface area contributed by atoms with Gasteiger partial charge in [0.05, 0.1) is 33.1 Å². The lowest BCUT2D eigenvalue weighted by atomic mass is 9.92. The Labute approximate surface area is 427 Å². The van der Waals surface area contributed by atoms with Gasteiger partial charge in [-0.05, 0) is 145 Å². The van der Waals surface area contributed by atoms with Gasteiger partial charge in [-0.1, -0.05) is 188 Å². The maximum Gasteiger partial charge on any atom is 0.0995 e. The average molecular weight is 941 g/mol. The summed E-state index contributed by atoms with van der Waals surface area (Å²) < 4.78 is 2.46. The second kappa shape index (κ2) is 16.9. The van der Waals surface area contributed by atoms with Crippen LogP contribution in [0.2, 0.25) is 0 Å². The molecule has 15 aromatic rings. The van der Waals surface area contributed by atoms with Gasteiger partial charge in [-0.3, -0.25) is 0 Å². The summed E-state index contributed by atoms with van der Waals surface area (Å²) in [6.45, 7) is 0. The molecule has 0 amide bonds. The van der Waals surface area contributed by atoms with Crippen LogP contribution in [0.5, 0.6) is 0 Å². The highest BCUT2D eigenvalue weighted by atomic mass is 15.1. The maximum atomic E-state index is 5.84. The van der Waals surface area contributed by atoms with Crippen LogP contribution in [0, 0.1) is 0 Å². The van der Waals surface area contributed by atoms with E-state index in [0.29, 0.717) is 0 Å². The van der Waals surface area contributed by atoms with E-state index in [0.717, 1.165) is 110 Å². The molecular weight excluding hydrogens is 897 g/mol. The molecule has 2 aromatic heterocycles. The smallest absolute Gasteiger partial charge is 0.0995 e. The van der Waals surface area contributed by atoms with Gasteiger partial charge in [-0.15, -0.1) is 0 Å². The zero-order valence-electron chi connectivity index (χ0n) is 40.2. The average Bonchev–Trinajstić information content (AvgIpc) is 3.86. The lowest BCUT2D eigenvalue weighted by Crippen LogP contribution is -2.09.